The Labute approximate surface area is 164 Å². The van der Waals surface area contributed by atoms with Gasteiger partial charge in [0.25, 0.3) is 0 Å². The monoisotopic (exact) mass is 390 g/mol. The molecule has 0 unspecified atom stereocenters. The molecule has 0 spiro atoms. The summed E-state index contributed by atoms with van der Waals surface area (Å²) in [6.07, 6.45) is 2.23. The number of nitrogens with one attached hydrogen (secondary N) is 2. The predicted molar refractivity (Wildman–Crippen MR) is 113 cm³/mol. The van der Waals surface area contributed by atoms with E-state index < -0.39 is 0 Å². The molecule has 0 aliphatic rings. The number of carbonyl (C=O) groups is 1. The predicted octanol–water partition coefficient (Wildman–Crippen LogP) is 3.09. The van der Waals surface area contributed by atoms with Crippen molar-refractivity contribution in [3.05, 3.63) is 48.2 Å². The van der Waals surface area contributed by atoms with E-state index in [-0.39, 0.29) is 0 Å². The maximum absolute atomic E-state index is 8.81. The first-order valence-corrected chi connectivity index (χ1v) is 8.90. The molecule has 2 aromatic rings. The molecule has 0 saturated carbocycles. The van der Waals surface area contributed by atoms with E-state index in [1.807, 2.05) is 31.3 Å². The van der Waals surface area contributed by atoms with Crippen LogP contribution in [0, 0.1) is 0 Å². The molecule has 0 aliphatic heterocycles. The van der Waals surface area contributed by atoms with E-state index in [2.05, 4.69) is 10.0 Å². The molecular formula is C19H26N4O3S. The van der Waals surface area contributed by atoms with Crippen molar-refractivity contribution in [2.45, 2.75) is 11.8 Å². The quantitative estimate of drug-likeness (QED) is 0.324. The Bertz CT molecular complexity index is 764. The maximum Gasteiger partial charge on any atom is 0.162 e. The van der Waals surface area contributed by atoms with E-state index >= 15 is 0 Å². The summed E-state index contributed by atoms with van der Waals surface area (Å²) >= 11 is 1.55. The Morgan fingerprint density at radius 2 is 1.67 bits per heavy atom. The highest BCUT2D eigenvalue weighted by molar-refractivity contribution is 7.97. The number of methoxy groups -OCH3 is 2. The lowest BCUT2D eigenvalue weighted by atomic mass is 10.1. The number of benzene rings is 2. The Morgan fingerprint density at radius 3 is 2.15 bits per heavy atom. The van der Waals surface area contributed by atoms with Gasteiger partial charge in [0.05, 0.1) is 19.9 Å². The van der Waals surface area contributed by atoms with Crippen molar-refractivity contribution in [3.8, 4) is 11.5 Å². The van der Waals surface area contributed by atoms with Crippen molar-refractivity contribution < 1.29 is 14.3 Å². The lowest BCUT2D eigenvalue weighted by Gasteiger charge is -2.16. The third kappa shape index (κ3) is 6.43. The molecular weight excluding hydrogens is 364 g/mol. The molecule has 0 bridgehead atoms. The van der Waals surface area contributed by atoms with Crippen molar-refractivity contribution in [3.63, 3.8) is 0 Å². The Morgan fingerprint density at radius 1 is 1.11 bits per heavy atom. The summed E-state index contributed by atoms with van der Waals surface area (Å²) in [6, 6.07) is 11.5. The van der Waals surface area contributed by atoms with Crippen molar-refractivity contribution in [2.75, 3.05) is 32.3 Å². The number of anilines is 2. The van der Waals surface area contributed by atoms with Crippen LogP contribution in [0.2, 0.25) is 0 Å². The highest BCUT2D eigenvalue weighted by atomic mass is 32.2. The number of hydrogen-bond donors (Lipinski definition) is 4. The van der Waals surface area contributed by atoms with E-state index in [0.29, 0.717) is 22.9 Å². The van der Waals surface area contributed by atoms with Crippen LogP contribution in [0.25, 0.3) is 5.70 Å². The zero-order chi connectivity index (χ0) is 20.2. The number of hydrogen-bond acceptors (Lipinski definition) is 8. The van der Waals surface area contributed by atoms with Crippen molar-refractivity contribution in [1.82, 2.24) is 4.72 Å². The minimum Gasteiger partial charge on any atom is -0.493 e. The van der Waals surface area contributed by atoms with Crippen LogP contribution < -0.4 is 31.0 Å². The molecule has 8 heteroatoms. The lowest BCUT2D eigenvalue weighted by molar-refractivity contribution is -0.106. The Kier molecular flexibility index (Phi) is 9.63. The molecule has 0 atom stereocenters. The van der Waals surface area contributed by atoms with Crippen LogP contribution in [-0.2, 0) is 4.79 Å². The minimum absolute atomic E-state index is 0.541. The van der Waals surface area contributed by atoms with Crippen LogP contribution in [0.3, 0.4) is 0 Å². The number of nitrogens with two attached hydrogens (primary N) is 2. The normalized spacial score (nSPS) is 10.4. The van der Waals surface area contributed by atoms with Crippen LogP contribution in [0.4, 0.5) is 11.4 Å². The second-order valence-electron chi connectivity index (χ2n) is 5.07. The summed E-state index contributed by atoms with van der Waals surface area (Å²) in [7, 11) is 5.03. The zero-order valence-corrected chi connectivity index (χ0v) is 16.7. The van der Waals surface area contributed by atoms with E-state index in [4.69, 9.17) is 25.7 Å². The summed E-state index contributed by atoms with van der Waals surface area (Å²) in [5.41, 5.74) is 14.8. The van der Waals surface area contributed by atoms with Gasteiger partial charge < -0.3 is 31.1 Å². The smallest absolute Gasteiger partial charge is 0.162 e. The van der Waals surface area contributed by atoms with E-state index in [0.717, 1.165) is 22.4 Å². The highest BCUT2D eigenvalue weighted by Crippen LogP contribution is 2.35. The molecule has 0 amide bonds. The van der Waals surface area contributed by atoms with Crippen LogP contribution in [0.1, 0.15) is 12.5 Å². The van der Waals surface area contributed by atoms with Crippen molar-refractivity contribution in [2.24, 2.45) is 5.73 Å². The average molecular weight is 391 g/mol. The number of nitrogen functional groups attached to an aromatic ring is 1. The first-order chi connectivity index (χ1) is 13.0. The Balaban J connectivity index is 0.00000114. The summed E-state index contributed by atoms with van der Waals surface area (Å²) in [5.74, 6) is 1.16. The van der Waals surface area contributed by atoms with Gasteiger partial charge >= 0.3 is 0 Å². The van der Waals surface area contributed by atoms with Gasteiger partial charge in [0.1, 0.15) is 6.29 Å². The molecule has 0 radical (unpaired) electrons. The van der Waals surface area contributed by atoms with Gasteiger partial charge in [0, 0.05) is 34.1 Å². The van der Waals surface area contributed by atoms with E-state index in [1.165, 1.54) is 13.1 Å². The van der Waals surface area contributed by atoms with Gasteiger partial charge in [-0.25, -0.2) is 0 Å². The molecule has 7 nitrogen and oxygen atoms in total. The van der Waals surface area contributed by atoms with Gasteiger partial charge in [-0.1, -0.05) is 0 Å². The number of carbonyl (C=O) groups excluding carboxylic acids is 1. The van der Waals surface area contributed by atoms with Crippen LogP contribution in [-0.4, -0.2) is 27.6 Å². The SMILES string of the molecule is CC=O.CNSc1ccc(N/C(=C/N)c2cc(OC)c(OC)cc2N)cc1. The summed E-state index contributed by atoms with van der Waals surface area (Å²) < 4.78 is 13.6. The van der Waals surface area contributed by atoms with Gasteiger partial charge in [0.15, 0.2) is 11.5 Å². The minimum atomic E-state index is 0.541. The summed E-state index contributed by atoms with van der Waals surface area (Å²) in [5, 5.41) is 3.27. The van der Waals surface area contributed by atoms with Gasteiger partial charge in [-0.3, -0.25) is 4.72 Å². The first-order valence-electron chi connectivity index (χ1n) is 8.08. The molecule has 0 aliphatic carbocycles. The van der Waals surface area contributed by atoms with E-state index in [1.54, 1.807) is 38.3 Å². The second-order valence-corrected chi connectivity index (χ2v) is 6.15. The molecule has 0 saturated heterocycles. The fraction of sp³-hybridized carbons (Fsp3) is 0.211. The third-order valence-corrected chi connectivity index (χ3v) is 4.08. The average Bonchev–Trinajstić information content (AvgIpc) is 2.68. The molecule has 2 rings (SSSR count). The fourth-order valence-electron chi connectivity index (χ4n) is 2.21. The van der Waals surface area contributed by atoms with Crippen molar-refractivity contribution in [1.29, 1.82) is 0 Å². The number of aldehydes is 1. The fourth-order valence-corrected chi connectivity index (χ4v) is 2.71. The number of ether oxygens (including phenoxy) is 2. The van der Waals surface area contributed by atoms with Crippen LogP contribution in [0.15, 0.2) is 47.5 Å². The molecule has 0 heterocycles. The van der Waals surface area contributed by atoms with Gasteiger partial charge in [-0.2, -0.15) is 0 Å². The van der Waals surface area contributed by atoms with Gasteiger partial charge in [-0.05, 0) is 56.3 Å². The van der Waals surface area contributed by atoms with Gasteiger partial charge in [0.2, 0.25) is 0 Å². The van der Waals surface area contributed by atoms with E-state index in [9.17, 15) is 0 Å². The van der Waals surface area contributed by atoms with Gasteiger partial charge in [-0.15, -0.1) is 0 Å². The first kappa shape index (κ1) is 22.2. The lowest BCUT2D eigenvalue weighted by Crippen LogP contribution is -2.06. The molecule has 0 aromatic heterocycles. The second kappa shape index (κ2) is 11.7. The highest BCUT2D eigenvalue weighted by Gasteiger charge is 2.13. The molecule has 27 heavy (non-hydrogen) atoms. The summed E-state index contributed by atoms with van der Waals surface area (Å²) in [6.45, 7) is 1.44. The topological polar surface area (TPSA) is 112 Å². The zero-order valence-electron chi connectivity index (χ0n) is 15.9. The largest absolute Gasteiger partial charge is 0.493 e. The summed E-state index contributed by atoms with van der Waals surface area (Å²) in [4.78, 5) is 9.92. The van der Waals surface area contributed by atoms with Crippen molar-refractivity contribution >= 4 is 35.3 Å². The molecule has 6 N–H and O–H groups in total. The third-order valence-electron chi connectivity index (χ3n) is 3.37. The number of rotatable bonds is 7. The molecule has 0 fully saturated rings. The van der Waals surface area contributed by atoms with Crippen LogP contribution in [0.5, 0.6) is 11.5 Å². The molecule has 2 aromatic carbocycles. The Hall–Kier alpha value is -2.84. The molecule has 146 valence electrons. The van der Waals surface area contributed by atoms with Crippen LogP contribution >= 0.6 is 11.9 Å². The standard InChI is InChI=1S/C17H22N4O2S.C2H4O/c1-20-24-12-6-4-11(5-7-12)21-15(10-18)13-8-16(22-2)17(23-3)9-14(13)19;1-2-3/h4-10,20-21H,18-19H2,1-3H3;2H,1H3/b15-10+;. The maximum atomic E-state index is 8.81.